The maximum Gasteiger partial charge on any atom is 0.414 e. The molecule has 0 aliphatic carbocycles. The summed E-state index contributed by atoms with van der Waals surface area (Å²) in [6.45, 7) is 0.841. The first kappa shape index (κ1) is 23.9. The number of rotatable bonds is 8. The van der Waals surface area contributed by atoms with E-state index in [-0.39, 0.29) is 6.10 Å². The van der Waals surface area contributed by atoms with E-state index in [0.717, 1.165) is 24.8 Å². The van der Waals surface area contributed by atoms with Crippen molar-refractivity contribution >= 4 is 27.6 Å². The number of carboxylic acids is 2. The zero-order chi connectivity index (χ0) is 21.9. The van der Waals surface area contributed by atoms with Gasteiger partial charge in [-0.2, -0.15) is 0 Å². The number of nitrogens with one attached hydrogen (secondary N) is 2. The minimum absolute atomic E-state index is 0.0580. The fourth-order valence-corrected chi connectivity index (χ4v) is 2.78. The molecule has 29 heavy (non-hydrogen) atoms. The van der Waals surface area contributed by atoms with Gasteiger partial charge in [-0.1, -0.05) is 30.3 Å². The SMILES string of the molecule is CNCCC(Oc1ccc(NS(C)(=O)=O)cc1)c1ccccc1.O=C(O)C(=O)O. The molecule has 0 amide bonds. The lowest BCUT2D eigenvalue weighted by atomic mass is 10.1. The summed E-state index contributed by atoms with van der Waals surface area (Å²) in [6.07, 6.45) is 1.90. The van der Waals surface area contributed by atoms with Crippen LogP contribution in [0, 0.1) is 0 Å². The first-order valence-corrected chi connectivity index (χ1v) is 10.4. The molecule has 0 aliphatic heterocycles. The van der Waals surface area contributed by atoms with Gasteiger partial charge >= 0.3 is 11.9 Å². The van der Waals surface area contributed by atoms with E-state index >= 15 is 0 Å². The van der Waals surface area contributed by atoms with Crippen molar-refractivity contribution in [1.82, 2.24) is 5.32 Å². The van der Waals surface area contributed by atoms with Crippen LogP contribution in [0.4, 0.5) is 5.69 Å². The highest BCUT2D eigenvalue weighted by atomic mass is 32.2. The highest BCUT2D eigenvalue weighted by Gasteiger charge is 2.13. The molecule has 0 spiro atoms. The molecule has 0 bridgehead atoms. The highest BCUT2D eigenvalue weighted by Crippen LogP contribution is 2.25. The molecule has 1 atom stereocenters. The molecular formula is C19H24N2O7S. The first-order chi connectivity index (χ1) is 13.6. The Labute approximate surface area is 169 Å². The third kappa shape index (κ3) is 10.1. The van der Waals surface area contributed by atoms with Crippen LogP contribution in [-0.2, 0) is 19.6 Å². The first-order valence-electron chi connectivity index (χ1n) is 8.52. The third-order valence-corrected chi connectivity index (χ3v) is 4.05. The molecule has 0 aromatic heterocycles. The number of carboxylic acid groups (broad SMARTS) is 2. The van der Waals surface area contributed by atoms with Gasteiger partial charge in [0.1, 0.15) is 11.9 Å². The molecule has 4 N–H and O–H groups in total. The predicted octanol–water partition coefficient (Wildman–Crippen LogP) is 1.94. The topological polar surface area (TPSA) is 142 Å². The van der Waals surface area contributed by atoms with Crippen molar-refractivity contribution in [3.8, 4) is 5.75 Å². The van der Waals surface area contributed by atoms with E-state index in [1.54, 1.807) is 24.3 Å². The van der Waals surface area contributed by atoms with Gasteiger partial charge in [0.25, 0.3) is 0 Å². The van der Waals surface area contributed by atoms with Crippen molar-refractivity contribution in [2.45, 2.75) is 12.5 Å². The van der Waals surface area contributed by atoms with E-state index < -0.39 is 22.0 Å². The average molecular weight is 424 g/mol. The van der Waals surface area contributed by atoms with Crippen LogP contribution in [0.1, 0.15) is 18.1 Å². The summed E-state index contributed by atoms with van der Waals surface area (Å²) in [4.78, 5) is 18.2. The Morgan fingerprint density at radius 2 is 1.55 bits per heavy atom. The van der Waals surface area contributed by atoms with E-state index in [1.807, 2.05) is 37.4 Å². The lowest BCUT2D eigenvalue weighted by Gasteiger charge is -2.20. The maximum absolute atomic E-state index is 11.2. The van der Waals surface area contributed by atoms with Crippen molar-refractivity contribution in [1.29, 1.82) is 0 Å². The van der Waals surface area contributed by atoms with Crippen LogP contribution in [0.5, 0.6) is 5.75 Å². The zero-order valence-electron chi connectivity index (χ0n) is 16.0. The molecule has 0 saturated heterocycles. The second kappa shape index (κ2) is 11.7. The Balaban J connectivity index is 0.000000612. The minimum Gasteiger partial charge on any atom is -0.486 e. The summed E-state index contributed by atoms with van der Waals surface area (Å²) >= 11 is 0. The normalized spacial score (nSPS) is 11.5. The Morgan fingerprint density at radius 1 is 1.00 bits per heavy atom. The van der Waals surface area contributed by atoms with E-state index in [1.165, 1.54) is 0 Å². The molecule has 1 unspecified atom stereocenters. The Morgan fingerprint density at radius 3 is 2.00 bits per heavy atom. The number of sulfonamides is 1. The van der Waals surface area contributed by atoms with Crippen molar-refractivity contribution in [3.63, 3.8) is 0 Å². The van der Waals surface area contributed by atoms with Crippen molar-refractivity contribution in [2.75, 3.05) is 24.6 Å². The van der Waals surface area contributed by atoms with Crippen LogP contribution in [0.15, 0.2) is 54.6 Å². The molecule has 2 aromatic carbocycles. The van der Waals surface area contributed by atoms with Crippen LogP contribution >= 0.6 is 0 Å². The quantitative estimate of drug-likeness (QED) is 0.471. The number of anilines is 1. The molecule has 0 saturated carbocycles. The summed E-state index contributed by atoms with van der Waals surface area (Å²) in [5.41, 5.74) is 1.63. The molecule has 0 heterocycles. The van der Waals surface area contributed by atoms with E-state index in [2.05, 4.69) is 10.0 Å². The number of hydrogen-bond donors (Lipinski definition) is 4. The largest absolute Gasteiger partial charge is 0.486 e. The predicted molar refractivity (Wildman–Crippen MR) is 109 cm³/mol. The van der Waals surface area contributed by atoms with E-state index in [4.69, 9.17) is 24.5 Å². The Bertz CT molecular complexity index is 873. The molecule has 2 rings (SSSR count). The van der Waals surface area contributed by atoms with Crippen LogP contribution < -0.4 is 14.8 Å². The van der Waals surface area contributed by atoms with Gasteiger partial charge < -0.3 is 20.3 Å². The fraction of sp³-hybridized carbons (Fsp3) is 0.263. The second-order valence-corrected chi connectivity index (χ2v) is 7.67. The Kier molecular flexibility index (Phi) is 9.63. The molecule has 9 nitrogen and oxygen atoms in total. The van der Waals surface area contributed by atoms with Crippen LogP contribution in [-0.4, -0.2) is 50.4 Å². The highest BCUT2D eigenvalue weighted by molar-refractivity contribution is 7.92. The summed E-state index contributed by atoms with van der Waals surface area (Å²) < 4.78 is 30.9. The molecule has 0 radical (unpaired) electrons. The summed E-state index contributed by atoms with van der Waals surface area (Å²) in [5, 5.41) is 17.9. The van der Waals surface area contributed by atoms with Crippen LogP contribution in [0.25, 0.3) is 0 Å². The lowest BCUT2D eigenvalue weighted by Crippen LogP contribution is -2.16. The summed E-state index contributed by atoms with van der Waals surface area (Å²) in [6, 6.07) is 17.0. The van der Waals surface area contributed by atoms with Gasteiger partial charge in [0.05, 0.1) is 6.26 Å². The number of benzene rings is 2. The molecule has 2 aromatic rings. The van der Waals surface area contributed by atoms with Gasteiger partial charge in [0.2, 0.25) is 10.0 Å². The maximum atomic E-state index is 11.2. The van der Waals surface area contributed by atoms with Gasteiger partial charge in [-0.3, -0.25) is 4.72 Å². The Hall–Kier alpha value is -3.11. The minimum atomic E-state index is -3.27. The standard InChI is InChI=1S/C17H22N2O3S.C2H2O4/c1-18-13-12-17(14-6-4-3-5-7-14)22-16-10-8-15(9-11-16)19-23(2,20)21;3-1(4)2(5)6/h3-11,17-19H,12-13H2,1-2H3;(H,3,4)(H,5,6). The third-order valence-electron chi connectivity index (χ3n) is 3.45. The van der Waals surface area contributed by atoms with Crippen molar-refractivity contribution in [3.05, 3.63) is 60.2 Å². The van der Waals surface area contributed by atoms with Crippen molar-refractivity contribution < 1.29 is 33.0 Å². The number of carbonyl (C=O) groups is 2. The lowest BCUT2D eigenvalue weighted by molar-refractivity contribution is -0.159. The van der Waals surface area contributed by atoms with Crippen molar-refractivity contribution in [2.24, 2.45) is 0 Å². The fourth-order valence-electron chi connectivity index (χ4n) is 2.22. The smallest absolute Gasteiger partial charge is 0.414 e. The van der Waals surface area contributed by atoms with Gasteiger partial charge in [0, 0.05) is 12.1 Å². The average Bonchev–Trinajstić information content (AvgIpc) is 2.66. The summed E-state index contributed by atoms with van der Waals surface area (Å²) in [7, 11) is -1.36. The van der Waals surface area contributed by atoms with E-state index in [0.29, 0.717) is 11.4 Å². The number of ether oxygens (including phenoxy) is 1. The molecule has 10 heteroatoms. The van der Waals surface area contributed by atoms with Crippen LogP contribution in [0.3, 0.4) is 0 Å². The van der Waals surface area contributed by atoms with Gasteiger partial charge in [0.15, 0.2) is 0 Å². The molecule has 158 valence electrons. The molecular weight excluding hydrogens is 400 g/mol. The zero-order valence-corrected chi connectivity index (χ0v) is 16.8. The number of hydrogen-bond acceptors (Lipinski definition) is 6. The van der Waals surface area contributed by atoms with Gasteiger partial charge in [-0.05, 0) is 43.4 Å². The van der Waals surface area contributed by atoms with Gasteiger partial charge in [-0.25, -0.2) is 18.0 Å². The van der Waals surface area contributed by atoms with E-state index in [9.17, 15) is 8.42 Å². The second-order valence-electron chi connectivity index (χ2n) is 5.92. The molecule has 0 fully saturated rings. The number of aliphatic carboxylic acids is 2. The molecule has 0 aliphatic rings. The van der Waals surface area contributed by atoms with Gasteiger partial charge in [-0.15, -0.1) is 0 Å². The summed E-state index contributed by atoms with van der Waals surface area (Å²) in [5.74, 6) is -2.95. The van der Waals surface area contributed by atoms with Crippen LogP contribution in [0.2, 0.25) is 0 Å². The monoisotopic (exact) mass is 424 g/mol.